The Morgan fingerprint density at radius 2 is 2.08 bits per heavy atom. The summed E-state index contributed by atoms with van der Waals surface area (Å²) in [7, 11) is 0. The number of nitrogens with zero attached hydrogens (tertiary/aromatic N) is 2. The Morgan fingerprint density at radius 1 is 1.31 bits per heavy atom. The number of thioether (sulfide) groups is 1. The van der Waals surface area contributed by atoms with E-state index in [2.05, 4.69) is 10.3 Å². The number of carbonyl (C=O) groups excluding carboxylic acids is 1. The van der Waals surface area contributed by atoms with Crippen LogP contribution in [-0.2, 0) is 4.79 Å². The molecule has 0 unspecified atom stereocenters. The van der Waals surface area contributed by atoms with E-state index in [1.54, 1.807) is 13.1 Å². The molecule has 1 aromatic heterocycles. The first-order valence-corrected chi connectivity index (χ1v) is 9.23. The van der Waals surface area contributed by atoms with Crippen molar-refractivity contribution in [1.29, 1.82) is 0 Å². The molecule has 7 heteroatoms. The number of nitrogens with one attached hydrogen (secondary N) is 1. The van der Waals surface area contributed by atoms with Crippen LogP contribution < -0.4 is 5.32 Å². The average molecular weight is 390 g/mol. The van der Waals surface area contributed by atoms with E-state index in [9.17, 15) is 9.18 Å². The molecule has 3 aromatic rings. The molecule has 0 fully saturated rings. The average Bonchev–Trinajstić information content (AvgIpc) is 3.05. The van der Waals surface area contributed by atoms with Crippen LogP contribution in [-0.4, -0.2) is 20.7 Å². The second kappa shape index (κ2) is 7.93. The summed E-state index contributed by atoms with van der Waals surface area (Å²) >= 11 is 7.04. The summed E-state index contributed by atoms with van der Waals surface area (Å²) < 4.78 is 15.8. The van der Waals surface area contributed by atoms with Gasteiger partial charge in [0, 0.05) is 17.4 Å². The number of hydrogen-bond donors (Lipinski definition) is 1. The van der Waals surface area contributed by atoms with Crippen LogP contribution in [0.25, 0.3) is 5.69 Å². The van der Waals surface area contributed by atoms with E-state index in [4.69, 9.17) is 11.6 Å². The number of aryl methyl sites for hydroxylation is 1. The molecule has 4 nitrogen and oxygen atoms in total. The fourth-order valence-corrected chi connectivity index (χ4v) is 3.47. The van der Waals surface area contributed by atoms with Crippen molar-refractivity contribution in [3.8, 4) is 5.69 Å². The molecule has 0 aliphatic carbocycles. The summed E-state index contributed by atoms with van der Waals surface area (Å²) in [4.78, 5) is 16.8. The predicted octanol–water partition coefficient (Wildman–Crippen LogP) is 5.09. The minimum atomic E-state index is -0.565. The molecule has 0 spiro atoms. The Morgan fingerprint density at radius 3 is 2.81 bits per heavy atom. The highest BCUT2D eigenvalue weighted by molar-refractivity contribution is 8.00. The first kappa shape index (κ1) is 18.5. The van der Waals surface area contributed by atoms with Crippen LogP contribution in [0.1, 0.15) is 12.5 Å². The monoisotopic (exact) mass is 389 g/mol. The highest BCUT2D eigenvalue weighted by Crippen LogP contribution is 2.27. The van der Waals surface area contributed by atoms with Gasteiger partial charge in [-0.15, -0.1) is 0 Å². The second-order valence-corrected chi connectivity index (χ2v) is 7.48. The van der Waals surface area contributed by atoms with Crippen LogP contribution in [0.15, 0.2) is 60.0 Å². The lowest BCUT2D eigenvalue weighted by Crippen LogP contribution is -2.23. The molecule has 1 atom stereocenters. The SMILES string of the molecule is Cc1ccccc1-n1ccnc1S[C@H](C)C(=O)Nc1ccc(Cl)cc1F. The normalized spacial score (nSPS) is 12.0. The van der Waals surface area contributed by atoms with Crippen molar-refractivity contribution in [1.82, 2.24) is 9.55 Å². The van der Waals surface area contributed by atoms with Gasteiger partial charge in [0.1, 0.15) is 5.82 Å². The molecule has 0 radical (unpaired) electrons. The molecule has 26 heavy (non-hydrogen) atoms. The van der Waals surface area contributed by atoms with Crippen molar-refractivity contribution < 1.29 is 9.18 Å². The topological polar surface area (TPSA) is 46.9 Å². The molecule has 1 amide bonds. The first-order chi connectivity index (χ1) is 12.5. The van der Waals surface area contributed by atoms with Crippen LogP contribution in [0.2, 0.25) is 5.02 Å². The largest absolute Gasteiger partial charge is 0.323 e. The summed E-state index contributed by atoms with van der Waals surface area (Å²) in [5.74, 6) is -0.875. The number of hydrogen-bond acceptors (Lipinski definition) is 3. The lowest BCUT2D eigenvalue weighted by atomic mass is 10.2. The van der Waals surface area contributed by atoms with E-state index in [-0.39, 0.29) is 16.6 Å². The molecule has 2 aromatic carbocycles. The third kappa shape index (κ3) is 4.08. The molecule has 3 rings (SSSR count). The van der Waals surface area contributed by atoms with Crippen LogP contribution in [0.3, 0.4) is 0 Å². The van der Waals surface area contributed by atoms with Gasteiger partial charge in [-0.1, -0.05) is 41.6 Å². The lowest BCUT2D eigenvalue weighted by molar-refractivity contribution is -0.115. The number of amides is 1. The number of aromatic nitrogens is 2. The molecule has 0 aliphatic rings. The van der Waals surface area contributed by atoms with Gasteiger partial charge in [-0.2, -0.15) is 0 Å². The zero-order valence-corrected chi connectivity index (χ0v) is 15.8. The van der Waals surface area contributed by atoms with E-state index in [0.29, 0.717) is 5.16 Å². The van der Waals surface area contributed by atoms with Gasteiger partial charge in [0.2, 0.25) is 5.91 Å². The minimum absolute atomic E-state index is 0.106. The number of para-hydroxylation sites is 1. The summed E-state index contributed by atoms with van der Waals surface area (Å²) in [6.45, 7) is 3.77. The van der Waals surface area contributed by atoms with Crippen LogP contribution in [0.4, 0.5) is 10.1 Å². The number of anilines is 1. The summed E-state index contributed by atoms with van der Waals surface area (Å²) in [6, 6.07) is 12.1. The molecular formula is C19H17ClFN3OS. The molecule has 0 saturated heterocycles. The lowest BCUT2D eigenvalue weighted by Gasteiger charge is -2.14. The fourth-order valence-electron chi connectivity index (χ4n) is 2.43. The number of rotatable bonds is 5. The molecule has 1 heterocycles. The quantitative estimate of drug-likeness (QED) is 0.618. The number of carbonyl (C=O) groups is 1. The smallest absolute Gasteiger partial charge is 0.237 e. The number of imidazole rings is 1. The maximum absolute atomic E-state index is 13.9. The maximum Gasteiger partial charge on any atom is 0.237 e. The summed E-state index contributed by atoms with van der Waals surface area (Å²) in [6.07, 6.45) is 3.55. The van der Waals surface area contributed by atoms with Crippen molar-refractivity contribution in [3.05, 3.63) is 71.3 Å². The molecule has 134 valence electrons. The third-order valence-electron chi connectivity index (χ3n) is 3.82. The molecule has 0 bridgehead atoms. The van der Waals surface area contributed by atoms with Gasteiger partial charge in [-0.3, -0.25) is 9.36 Å². The third-order valence-corrected chi connectivity index (χ3v) is 5.14. The predicted molar refractivity (Wildman–Crippen MR) is 104 cm³/mol. The van der Waals surface area contributed by atoms with Crippen LogP contribution in [0, 0.1) is 12.7 Å². The highest BCUT2D eigenvalue weighted by atomic mass is 35.5. The zero-order valence-electron chi connectivity index (χ0n) is 14.2. The van der Waals surface area contributed by atoms with E-state index in [1.807, 2.05) is 42.0 Å². The minimum Gasteiger partial charge on any atom is -0.323 e. The number of benzene rings is 2. The van der Waals surface area contributed by atoms with Gasteiger partial charge in [0.05, 0.1) is 16.6 Å². The van der Waals surface area contributed by atoms with Gasteiger partial charge in [-0.25, -0.2) is 9.37 Å². The van der Waals surface area contributed by atoms with Crippen LogP contribution in [0.5, 0.6) is 0 Å². The Balaban J connectivity index is 1.74. The van der Waals surface area contributed by atoms with Crippen molar-refractivity contribution >= 4 is 35.0 Å². The fraction of sp³-hybridized carbons (Fsp3) is 0.158. The van der Waals surface area contributed by atoms with Crippen molar-refractivity contribution in [2.45, 2.75) is 24.3 Å². The van der Waals surface area contributed by atoms with Gasteiger partial charge in [0.25, 0.3) is 0 Å². The van der Waals surface area contributed by atoms with E-state index < -0.39 is 11.1 Å². The van der Waals surface area contributed by atoms with Gasteiger partial charge in [0.15, 0.2) is 5.16 Å². The Bertz CT molecular complexity index is 944. The van der Waals surface area contributed by atoms with E-state index >= 15 is 0 Å². The van der Waals surface area contributed by atoms with Crippen molar-refractivity contribution in [2.75, 3.05) is 5.32 Å². The van der Waals surface area contributed by atoms with E-state index in [0.717, 1.165) is 11.3 Å². The Kier molecular flexibility index (Phi) is 5.64. The van der Waals surface area contributed by atoms with Crippen molar-refractivity contribution in [3.63, 3.8) is 0 Å². The Hall–Kier alpha value is -2.31. The zero-order chi connectivity index (χ0) is 18.7. The molecule has 0 saturated carbocycles. The summed E-state index contributed by atoms with van der Waals surface area (Å²) in [5, 5.41) is 3.10. The number of halogens is 2. The molecular weight excluding hydrogens is 373 g/mol. The molecule has 1 N–H and O–H groups in total. The Labute approximate surface area is 160 Å². The highest BCUT2D eigenvalue weighted by Gasteiger charge is 2.19. The van der Waals surface area contributed by atoms with Crippen LogP contribution >= 0.6 is 23.4 Å². The van der Waals surface area contributed by atoms with Gasteiger partial charge in [-0.05, 0) is 43.7 Å². The summed E-state index contributed by atoms with van der Waals surface area (Å²) in [5.41, 5.74) is 2.21. The standard InChI is InChI=1S/C19H17ClFN3OS/c1-12-5-3-4-6-17(12)24-10-9-22-19(24)26-13(2)18(25)23-16-8-7-14(20)11-15(16)21/h3-11,13H,1-2H3,(H,23,25)/t13-/m1/s1. The van der Waals surface area contributed by atoms with Crippen molar-refractivity contribution in [2.24, 2.45) is 0 Å². The maximum atomic E-state index is 13.9. The molecule has 0 aliphatic heterocycles. The second-order valence-electron chi connectivity index (χ2n) is 5.74. The van der Waals surface area contributed by atoms with Gasteiger partial charge < -0.3 is 5.32 Å². The first-order valence-electron chi connectivity index (χ1n) is 7.97. The van der Waals surface area contributed by atoms with E-state index in [1.165, 1.54) is 30.0 Å². The van der Waals surface area contributed by atoms with Gasteiger partial charge >= 0.3 is 0 Å².